The highest BCUT2D eigenvalue weighted by Gasteiger charge is 2.18. The topological polar surface area (TPSA) is 43.8 Å². The zero-order chi connectivity index (χ0) is 14.7. The SMILES string of the molecule is CCc1nn(Cc2ccccc2F)c(CC)c1C(C)N. The van der Waals surface area contributed by atoms with Gasteiger partial charge < -0.3 is 5.73 Å². The summed E-state index contributed by atoms with van der Waals surface area (Å²) in [4.78, 5) is 0. The number of rotatable bonds is 5. The molecule has 1 aromatic heterocycles. The molecule has 1 unspecified atom stereocenters. The van der Waals surface area contributed by atoms with E-state index in [0.717, 1.165) is 29.8 Å². The molecule has 0 aliphatic carbocycles. The van der Waals surface area contributed by atoms with Gasteiger partial charge >= 0.3 is 0 Å². The van der Waals surface area contributed by atoms with Crippen LogP contribution in [0, 0.1) is 5.82 Å². The number of nitrogens with zero attached hydrogens (tertiary/aromatic N) is 2. The summed E-state index contributed by atoms with van der Waals surface area (Å²) in [5.74, 6) is -0.189. The number of hydrogen-bond donors (Lipinski definition) is 1. The molecular weight excluding hydrogens is 253 g/mol. The molecule has 20 heavy (non-hydrogen) atoms. The van der Waals surface area contributed by atoms with Crippen molar-refractivity contribution in [2.24, 2.45) is 5.73 Å². The Bertz CT molecular complexity index is 587. The third kappa shape index (κ3) is 2.75. The lowest BCUT2D eigenvalue weighted by Gasteiger charge is -2.10. The molecule has 1 atom stereocenters. The van der Waals surface area contributed by atoms with E-state index in [1.807, 2.05) is 17.7 Å². The maximum atomic E-state index is 13.8. The summed E-state index contributed by atoms with van der Waals surface area (Å²) < 4.78 is 15.7. The van der Waals surface area contributed by atoms with Gasteiger partial charge in [-0.3, -0.25) is 4.68 Å². The van der Waals surface area contributed by atoms with E-state index in [-0.39, 0.29) is 11.9 Å². The third-order valence-corrected chi connectivity index (χ3v) is 3.58. The highest BCUT2D eigenvalue weighted by molar-refractivity contribution is 5.30. The van der Waals surface area contributed by atoms with Crippen LogP contribution >= 0.6 is 0 Å². The molecule has 2 N–H and O–H groups in total. The van der Waals surface area contributed by atoms with Gasteiger partial charge in [-0.1, -0.05) is 32.0 Å². The van der Waals surface area contributed by atoms with E-state index in [1.54, 1.807) is 12.1 Å². The first-order valence-electron chi connectivity index (χ1n) is 7.15. The normalized spacial score (nSPS) is 12.7. The largest absolute Gasteiger partial charge is 0.324 e. The van der Waals surface area contributed by atoms with Crippen molar-refractivity contribution in [3.63, 3.8) is 0 Å². The smallest absolute Gasteiger partial charge is 0.128 e. The van der Waals surface area contributed by atoms with Crippen molar-refractivity contribution in [3.05, 3.63) is 52.6 Å². The van der Waals surface area contributed by atoms with Crippen molar-refractivity contribution in [2.75, 3.05) is 0 Å². The van der Waals surface area contributed by atoms with Gasteiger partial charge in [0.05, 0.1) is 12.2 Å². The van der Waals surface area contributed by atoms with E-state index < -0.39 is 0 Å². The molecular formula is C16H22FN3. The molecule has 0 bridgehead atoms. The second kappa shape index (κ2) is 6.18. The minimum Gasteiger partial charge on any atom is -0.324 e. The minimum atomic E-state index is -0.189. The van der Waals surface area contributed by atoms with Crippen LogP contribution in [0.1, 0.15) is 49.3 Å². The maximum absolute atomic E-state index is 13.8. The number of benzene rings is 1. The van der Waals surface area contributed by atoms with Crippen molar-refractivity contribution in [1.29, 1.82) is 0 Å². The third-order valence-electron chi connectivity index (χ3n) is 3.58. The molecule has 0 spiro atoms. The second-order valence-electron chi connectivity index (χ2n) is 5.05. The minimum absolute atomic E-state index is 0.0470. The Morgan fingerprint density at radius 3 is 2.50 bits per heavy atom. The number of halogens is 1. The van der Waals surface area contributed by atoms with E-state index in [0.29, 0.717) is 12.1 Å². The van der Waals surface area contributed by atoms with Crippen molar-refractivity contribution >= 4 is 0 Å². The van der Waals surface area contributed by atoms with Crippen LogP contribution in [0.15, 0.2) is 24.3 Å². The molecule has 0 radical (unpaired) electrons. The van der Waals surface area contributed by atoms with Gasteiger partial charge in [-0.05, 0) is 25.8 Å². The summed E-state index contributed by atoms with van der Waals surface area (Å²) >= 11 is 0. The van der Waals surface area contributed by atoms with Gasteiger partial charge in [0.25, 0.3) is 0 Å². The van der Waals surface area contributed by atoms with Crippen LogP contribution in [0.2, 0.25) is 0 Å². The molecule has 0 amide bonds. The fourth-order valence-electron chi connectivity index (χ4n) is 2.64. The van der Waals surface area contributed by atoms with E-state index in [1.165, 1.54) is 6.07 Å². The average Bonchev–Trinajstić information content (AvgIpc) is 2.79. The molecule has 0 fully saturated rings. The van der Waals surface area contributed by atoms with Gasteiger partial charge in [-0.2, -0.15) is 5.10 Å². The fraction of sp³-hybridized carbons (Fsp3) is 0.438. The lowest BCUT2D eigenvalue weighted by molar-refractivity contribution is 0.573. The summed E-state index contributed by atoms with van der Waals surface area (Å²) in [6, 6.07) is 6.79. The van der Waals surface area contributed by atoms with Crippen molar-refractivity contribution in [1.82, 2.24) is 9.78 Å². The van der Waals surface area contributed by atoms with E-state index >= 15 is 0 Å². The molecule has 1 aromatic carbocycles. The highest BCUT2D eigenvalue weighted by Crippen LogP contribution is 2.23. The van der Waals surface area contributed by atoms with Crippen molar-refractivity contribution < 1.29 is 4.39 Å². The van der Waals surface area contributed by atoms with Gasteiger partial charge in [-0.15, -0.1) is 0 Å². The van der Waals surface area contributed by atoms with Crippen LogP contribution in [0.4, 0.5) is 4.39 Å². The summed E-state index contributed by atoms with van der Waals surface area (Å²) in [6.07, 6.45) is 1.69. The molecule has 0 saturated heterocycles. The standard InChI is InChI=1S/C16H22FN3/c1-4-14-16(11(3)18)15(5-2)20(19-14)10-12-8-6-7-9-13(12)17/h6-9,11H,4-5,10,18H2,1-3H3. The number of aromatic nitrogens is 2. The molecule has 0 aliphatic rings. The van der Waals surface area contributed by atoms with Gasteiger partial charge in [-0.25, -0.2) is 4.39 Å². The average molecular weight is 275 g/mol. The zero-order valence-electron chi connectivity index (χ0n) is 12.4. The van der Waals surface area contributed by atoms with Crippen molar-refractivity contribution in [3.8, 4) is 0 Å². The summed E-state index contributed by atoms with van der Waals surface area (Å²) in [7, 11) is 0. The Morgan fingerprint density at radius 1 is 1.25 bits per heavy atom. The summed E-state index contributed by atoms with van der Waals surface area (Å²) in [5.41, 5.74) is 9.98. The Balaban J connectivity index is 2.44. The van der Waals surface area contributed by atoms with Crippen LogP contribution in [-0.4, -0.2) is 9.78 Å². The monoisotopic (exact) mass is 275 g/mol. The Morgan fingerprint density at radius 2 is 1.95 bits per heavy atom. The van der Waals surface area contributed by atoms with Crippen LogP contribution in [0.25, 0.3) is 0 Å². The van der Waals surface area contributed by atoms with Gasteiger partial charge in [0.15, 0.2) is 0 Å². The highest BCUT2D eigenvalue weighted by atomic mass is 19.1. The molecule has 2 rings (SSSR count). The number of aryl methyl sites for hydroxylation is 1. The van der Waals surface area contributed by atoms with E-state index in [2.05, 4.69) is 18.9 Å². The lowest BCUT2D eigenvalue weighted by atomic mass is 10.0. The lowest BCUT2D eigenvalue weighted by Crippen LogP contribution is -2.11. The Hall–Kier alpha value is -1.68. The van der Waals surface area contributed by atoms with Gasteiger partial charge in [0.2, 0.25) is 0 Å². The molecule has 1 heterocycles. The summed E-state index contributed by atoms with van der Waals surface area (Å²) in [6.45, 7) is 6.58. The molecule has 108 valence electrons. The second-order valence-corrected chi connectivity index (χ2v) is 5.05. The fourth-order valence-corrected chi connectivity index (χ4v) is 2.64. The zero-order valence-corrected chi connectivity index (χ0v) is 12.4. The molecule has 4 heteroatoms. The first-order chi connectivity index (χ1) is 9.58. The Kier molecular flexibility index (Phi) is 4.55. The van der Waals surface area contributed by atoms with Gasteiger partial charge in [0.1, 0.15) is 5.82 Å². The van der Waals surface area contributed by atoms with Crippen LogP contribution in [0.3, 0.4) is 0 Å². The first kappa shape index (κ1) is 14.7. The molecule has 2 aromatic rings. The quantitative estimate of drug-likeness (QED) is 0.910. The molecule has 0 saturated carbocycles. The van der Waals surface area contributed by atoms with Gasteiger partial charge in [0, 0.05) is 22.9 Å². The summed E-state index contributed by atoms with van der Waals surface area (Å²) in [5, 5.41) is 4.63. The van der Waals surface area contributed by atoms with Crippen LogP contribution in [0.5, 0.6) is 0 Å². The predicted octanol–water partition coefficient (Wildman–Crippen LogP) is 3.22. The van der Waals surface area contributed by atoms with Crippen LogP contribution in [-0.2, 0) is 19.4 Å². The number of hydrogen-bond acceptors (Lipinski definition) is 2. The van der Waals surface area contributed by atoms with E-state index in [9.17, 15) is 4.39 Å². The van der Waals surface area contributed by atoms with Crippen LogP contribution < -0.4 is 5.73 Å². The predicted molar refractivity (Wildman–Crippen MR) is 79.1 cm³/mol. The first-order valence-corrected chi connectivity index (χ1v) is 7.15. The Labute approximate surface area is 119 Å². The van der Waals surface area contributed by atoms with E-state index in [4.69, 9.17) is 5.73 Å². The molecule has 0 aliphatic heterocycles. The maximum Gasteiger partial charge on any atom is 0.128 e. The van der Waals surface area contributed by atoms with Crippen molar-refractivity contribution in [2.45, 2.75) is 46.2 Å². The number of nitrogens with two attached hydrogens (primary N) is 1. The molecule has 3 nitrogen and oxygen atoms in total.